The number of benzene rings is 1. The molecule has 3 aromatic rings. The van der Waals surface area contributed by atoms with Gasteiger partial charge in [0, 0.05) is 24.9 Å². The van der Waals surface area contributed by atoms with E-state index in [9.17, 15) is 9.90 Å². The standard InChI is InChI=1S/C24H22ClN3O4S/c25-17-7-6-14(23(29)30)12-16(17)19-8-9-20(32-19)22-21(18-5-1-2-10-26-18)27-24(33)28(22)13-15-4-3-11-31-15/h1-2,5-10,12,15,21-22H,3-4,11,13H2,(H,27,33)(H,29,30)/t15-,21+,22+/m0/s1. The minimum absolute atomic E-state index is 0.103. The van der Waals surface area contributed by atoms with Gasteiger partial charge in [0.15, 0.2) is 5.11 Å². The van der Waals surface area contributed by atoms with Gasteiger partial charge in [0.25, 0.3) is 0 Å². The predicted molar refractivity (Wildman–Crippen MR) is 127 cm³/mol. The average molecular weight is 484 g/mol. The van der Waals surface area contributed by atoms with Crippen LogP contribution >= 0.6 is 23.8 Å². The molecule has 0 radical (unpaired) electrons. The summed E-state index contributed by atoms with van der Waals surface area (Å²) in [6, 6.07) is 13.6. The van der Waals surface area contributed by atoms with Gasteiger partial charge in [0.05, 0.1) is 28.4 Å². The number of furan rings is 1. The van der Waals surface area contributed by atoms with Crippen LogP contribution in [-0.4, -0.2) is 45.3 Å². The number of rotatable bonds is 6. The largest absolute Gasteiger partial charge is 0.478 e. The first-order chi connectivity index (χ1) is 16.0. The van der Waals surface area contributed by atoms with Crippen LogP contribution in [0, 0.1) is 0 Å². The Morgan fingerprint density at radius 1 is 1.27 bits per heavy atom. The number of thiocarbonyl (C=S) groups is 1. The number of hydrogen-bond donors (Lipinski definition) is 2. The number of ether oxygens (including phenoxy) is 1. The van der Waals surface area contributed by atoms with Crippen LogP contribution in [-0.2, 0) is 4.74 Å². The van der Waals surface area contributed by atoms with E-state index >= 15 is 0 Å². The van der Waals surface area contributed by atoms with E-state index in [2.05, 4.69) is 15.2 Å². The Labute approximate surface area is 201 Å². The Hall–Kier alpha value is -2.94. The van der Waals surface area contributed by atoms with Crippen molar-refractivity contribution in [2.75, 3.05) is 13.2 Å². The van der Waals surface area contributed by atoms with Gasteiger partial charge in [-0.2, -0.15) is 0 Å². The highest BCUT2D eigenvalue weighted by molar-refractivity contribution is 7.80. The van der Waals surface area contributed by atoms with Crippen LogP contribution < -0.4 is 5.32 Å². The van der Waals surface area contributed by atoms with Gasteiger partial charge in [-0.15, -0.1) is 0 Å². The highest BCUT2D eigenvalue weighted by Gasteiger charge is 2.43. The smallest absolute Gasteiger partial charge is 0.335 e. The normalized spacial score (nSPS) is 22.5. The second-order valence-corrected chi connectivity index (χ2v) is 8.91. The number of nitrogens with zero attached hydrogens (tertiary/aromatic N) is 2. The van der Waals surface area contributed by atoms with Crippen molar-refractivity contribution in [3.8, 4) is 11.3 Å². The average Bonchev–Trinajstić information content (AvgIpc) is 3.56. The van der Waals surface area contributed by atoms with Crippen molar-refractivity contribution in [1.82, 2.24) is 15.2 Å². The summed E-state index contributed by atoms with van der Waals surface area (Å²) in [7, 11) is 0. The number of carboxylic acid groups (broad SMARTS) is 1. The van der Waals surface area contributed by atoms with Crippen molar-refractivity contribution in [2.45, 2.75) is 31.0 Å². The third kappa shape index (κ3) is 4.34. The van der Waals surface area contributed by atoms with Gasteiger partial charge in [0.2, 0.25) is 0 Å². The summed E-state index contributed by atoms with van der Waals surface area (Å²) in [5.74, 6) is 0.151. The van der Waals surface area contributed by atoms with Crippen molar-refractivity contribution in [3.63, 3.8) is 0 Å². The van der Waals surface area contributed by atoms with Crippen LogP contribution in [0.3, 0.4) is 0 Å². The lowest BCUT2D eigenvalue weighted by molar-refractivity contribution is 0.0697. The third-order valence-electron chi connectivity index (χ3n) is 6.02. The van der Waals surface area contributed by atoms with E-state index < -0.39 is 5.97 Å². The van der Waals surface area contributed by atoms with Gasteiger partial charge < -0.3 is 24.5 Å². The van der Waals surface area contributed by atoms with Crippen LogP contribution in [0.5, 0.6) is 0 Å². The second kappa shape index (κ2) is 9.13. The van der Waals surface area contributed by atoms with Gasteiger partial charge in [-0.3, -0.25) is 4.98 Å². The zero-order chi connectivity index (χ0) is 22.9. The van der Waals surface area contributed by atoms with Gasteiger partial charge >= 0.3 is 5.97 Å². The van der Waals surface area contributed by atoms with E-state index in [1.54, 1.807) is 12.3 Å². The van der Waals surface area contributed by atoms with Crippen LogP contribution in [0.4, 0.5) is 0 Å². The molecule has 0 aliphatic carbocycles. The van der Waals surface area contributed by atoms with E-state index in [-0.39, 0.29) is 23.8 Å². The summed E-state index contributed by atoms with van der Waals surface area (Å²) >= 11 is 12.1. The molecule has 2 aliphatic rings. The molecule has 1 aromatic carbocycles. The molecular formula is C24H22ClN3O4S. The van der Waals surface area contributed by atoms with Crippen LogP contribution in [0.15, 0.2) is 59.1 Å². The minimum atomic E-state index is -1.03. The molecule has 2 aromatic heterocycles. The lowest BCUT2D eigenvalue weighted by atomic mass is 10.0. The molecule has 2 aliphatic heterocycles. The molecule has 170 valence electrons. The van der Waals surface area contributed by atoms with Crippen molar-refractivity contribution in [1.29, 1.82) is 0 Å². The number of carboxylic acids is 1. The maximum absolute atomic E-state index is 11.4. The van der Waals surface area contributed by atoms with Crippen molar-refractivity contribution in [3.05, 3.63) is 76.8 Å². The molecular weight excluding hydrogens is 462 g/mol. The maximum Gasteiger partial charge on any atom is 0.335 e. The molecule has 4 heterocycles. The molecule has 0 unspecified atom stereocenters. The van der Waals surface area contributed by atoms with Crippen molar-refractivity contribution < 1.29 is 19.1 Å². The molecule has 7 nitrogen and oxygen atoms in total. The molecule has 5 rings (SSSR count). The number of pyridine rings is 1. The number of nitrogens with one attached hydrogen (secondary N) is 1. The molecule has 3 atom stereocenters. The van der Waals surface area contributed by atoms with E-state index in [1.807, 2.05) is 30.3 Å². The topological polar surface area (TPSA) is 87.8 Å². The van der Waals surface area contributed by atoms with Gasteiger partial charge in [-0.25, -0.2) is 4.79 Å². The lowest BCUT2D eigenvalue weighted by Gasteiger charge is -2.28. The highest BCUT2D eigenvalue weighted by Crippen LogP contribution is 2.41. The van der Waals surface area contributed by atoms with Gasteiger partial charge in [-0.1, -0.05) is 17.7 Å². The fourth-order valence-electron chi connectivity index (χ4n) is 4.42. The first kappa shape index (κ1) is 21.9. The summed E-state index contributed by atoms with van der Waals surface area (Å²) in [6.45, 7) is 1.40. The third-order valence-corrected chi connectivity index (χ3v) is 6.70. The lowest BCUT2D eigenvalue weighted by Crippen LogP contribution is -2.36. The Bertz CT molecular complexity index is 1180. The number of aromatic nitrogens is 1. The quantitative estimate of drug-likeness (QED) is 0.481. The Morgan fingerprint density at radius 2 is 2.15 bits per heavy atom. The van der Waals surface area contributed by atoms with E-state index in [1.165, 1.54) is 12.1 Å². The Balaban J connectivity index is 1.53. The fourth-order valence-corrected chi connectivity index (χ4v) is 4.95. The van der Waals surface area contributed by atoms with Gasteiger partial charge in [-0.05, 0) is 67.5 Å². The van der Waals surface area contributed by atoms with E-state index in [4.69, 9.17) is 33.0 Å². The minimum Gasteiger partial charge on any atom is -0.478 e. The molecule has 0 amide bonds. The van der Waals surface area contributed by atoms with E-state index in [0.717, 1.165) is 25.1 Å². The molecule has 9 heteroatoms. The molecule has 33 heavy (non-hydrogen) atoms. The summed E-state index contributed by atoms with van der Waals surface area (Å²) in [4.78, 5) is 18.1. The number of halogens is 1. The molecule has 0 bridgehead atoms. The molecule has 2 fully saturated rings. The molecule has 0 saturated carbocycles. The summed E-state index contributed by atoms with van der Waals surface area (Å²) in [5, 5.41) is 13.8. The van der Waals surface area contributed by atoms with Crippen LogP contribution in [0.1, 0.15) is 46.7 Å². The summed E-state index contributed by atoms with van der Waals surface area (Å²) in [5.41, 5.74) is 1.52. The molecule has 2 saturated heterocycles. The van der Waals surface area contributed by atoms with Crippen molar-refractivity contribution in [2.24, 2.45) is 0 Å². The van der Waals surface area contributed by atoms with E-state index in [0.29, 0.717) is 33.8 Å². The van der Waals surface area contributed by atoms with Gasteiger partial charge in [0.1, 0.15) is 17.6 Å². The first-order valence-electron chi connectivity index (χ1n) is 10.7. The number of carbonyl (C=O) groups is 1. The maximum atomic E-state index is 11.4. The zero-order valence-corrected chi connectivity index (χ0v) is 19.2. The SMILES string of the molecule is O=C(O)c1ccc(Cl)c(-c2ccc([C@@H]3[C@@H](c4ccccn4)NC(=S)N3C[C@@H]3CCCO3)o2)c1. The van der Waals surface area contributed by atoms with Crippen LogP contribution in [0.25, 0.3) is 11.3 Å². The summed E-state index contributed by atoms with van der Waals surface area (Å²) < 4.78 is 12.1. The first-order valence-corrected chi connectivity index (χ1v) is 11.5. The molecule has 2 N–H and O–H groups in total. The summed E-state index contributed by atoms with van der Waals surface area (Å²) in [6.07, 6.45) is 3.88. The van der Waals surface area contributed by atoms with Crippen molar-refractivity contribution >= 4 is 34.9 Å². The highest BCUT2D eigenvalue weighted by atomic mass is 35.5. The zero-order valence-electron chi connectivity index (χ0n) is 17.6. The molecule has 0 spiro atoms. The fraction of sp³-hybridized carbons (Fsp3) is 0.292. The number of hydrogen-bond acceptors (Lipinski definition) is 5. The predicted octanol–water partition coefficient (Wildman–Crippen LogP) is 4.84. The van der Waals surface area contributed by atoms with Crippen LogP contribution in [0.2, 0.25) is 5.02 Å². The second-order valence-electron chi connectivity index (χ2n) is 8.12. The number of aromatic carboxylic acids is 1. The Morgan fingerprint density at radius 3 is 2.88 bits per heavy atom. The Kier molecular flexibility index (Phi) is 6.05. The monoisotopic (exact) mass is 483 g/mol.